The van der Waals surface area contributed by atoms with Crippen LogP contribution in [0.5, 0.6) is 0 Å². The van der Waals surface area contributed by atoms with Gasteiger partial charge in [-0.1, -0.05) is 13.3 Å². The first-order chi connectivity index (χ1) is 6.58. The van der Waals surface area contributed by atoms with E-state index in [-0.39, 0.29) is 0 Å². The van der Waals surface area contributed by atoms with Crippen molar-refractivity contribution in [3.63, 3.8) is 0 Å². The topological polar surface area (TPSA) is 40.5 Å². The third-order valence-electron chi connectivity index (χ3n) is 3.30. The van der Waals surface area contributed by atoms with Gasteiger partial charge in [0.25, 0.3) is 0 Å². The summed E-state index contributed by atoms with van der Waals surface area (Å²) < 4.78 is 0. The summed E-state index contributed by atoms with van der Waals surface area (Å²) in [5, 5.41) is 9.04. The second-order valence-electron chi connectivity index (χ2n) is 4.56. The molecule has 0 unspecified atom stereocenters. The Kier molecular flexibility index (Phi) is 3.93. The SMILES string of the molecule is CCCCN1CCC(C)(C(=O)O)CC1. The van der Waals surface area contributed by atoms with Crippen LogP contribution in [-0.2, 0) is 4.79 Å². The van der Waals surface area contributed by atoms with E-state index in [1.54, 1.807) is 0 Å². The fourth-order valence-corrected chi connectivity index (χ4v) is 1.87. The monoisotopic (exact) mass is 199 g/mol. The van der Waals surface area contributed by atoms with Gasteiger partial charge in [-0.15, -0.1) is 0 Å². The second-order valence-corrected chi connectivity index (χ2v) is 4.56. The van der Waals surface area contributed by atoms with Gasteiger partial charge in [0.05, 0.1) is 5.41 Å². The first-order valence-corrected chi connectivity index (χ1v) is 5.54. The van der Waals surface area contributed by atoms with Crippen molar-refractivity contribution in [3.8, 4) is 0 Å². The normalized spacial score (nSPS) is 22.1. The summed E-state index contributed by atoms with van der Waals surface area (Å²) in [4.78, 5) is 13.4. The molecule has 0 radical (unpaired) electrons. The van der Waals surface area contributed by atoms with Crippen molar-refractivity contribution < 1.29 is 9.90 Å². The van der Waals surface area contributed by atoms with Gasteiger partial charge in [-0.05, 0) is 45.8 Å². The number of nitrogens with zero attached hydrogens (tertiary/aromatic N) is 1. The minimum Gasteiger partial charge on any atom is -0.481 e. The Labute approximate surface area is 86.1 Å². The fraction of sp³-hybridized carbons (Fsp3) is 0.909. The van der Waals surface area contributed by atoms with Crippen LogP contribution in [-0.4, -0.2) is 35.6 Å². The number of hydrogen-bond donors (Lipinski definition) is 1. The van der Waals surface area contributed by atoms with E-state index >= 15 is 0 Å². The number of piperidine rings is 1. The second kappa shape index (κ2) is 4.78. The van der Waals surface area contributed by atoms with Crippen LogP contribution in [0.1, 0.15) is 39.5 Å². The molecule has 0 atom stereocenters. The summed E-state index contributed by atoms with van der Waals surface area (Å²) in [6.07, 6.45) is 4.04. The van der Waals surface area contributed by atoms with Gasteiger partial charge in [0.1, 0.15) is 0 Å². The molecule has 82 valence electrons. The third kappa shape index (κ3) is 2.71. The number of aliphatic carboxylic acids is 1. The molecule has 1 aliphatic rings. The molecule has 0 amide bonds. The van der Waals surface area contributed by atoms with Gasteiger partial charge in [0.15, 0.2) is 0 Å². The number of rotatable bonds is 4. The third-order valence-corrected chi connectivity index (χ3v) is 3.30. The van der Waals surface area contributed by atoms with Crippen molar-refractivity contribution in [1.29, 1.82) is 0 Å². The van der Waals surface area contributed by atoms with Gasteiger partial charge in [0.2, 0.25) is 0 Å². The lowest BCUT2D eigenvalue weighted by atomic mass is 9.80. The number of carboxylic acids is 1. The largest absolute Gasteiger partial charge is 0.481 e. The minimum absolute atomic E-state index is 0.470. The van der Waals surface area contributed by atoms with Crippen molar-refractivity contribution in [1.82, 2.24) is 4.90 Å². The Balaban J connectivity index is 2.34. The van der Waals surface area contributed by atoms with E-state index in [4.69, 9.17) is 5.11 Å². The molecule has 3 heteroatoms. The Morgan fingerprint density at radius 1 is 1.43 bits per heavy atom. The Hall–Kier alpha value is -0.570. The maximum Gasteiger partial charge on any atom is 0.309 e. The molecule has 1 saturated heterocycles. The molecule has 14 heavy (non-hydrogen) atoms. The zero-order chi connectivity index (χ0) is 10.6. The lowest BCUT2D eigenvalue weighted by Gasteiger charge is -2.36. The molecule has 1 heterocycles. The van der Waals surface area contributed by atoms with Crippen LogP contribution in [0.25, 0.3) is 0 Å². The summed E-state index contributed by atoms with van der Waals surface area (Å²) in [7, 11) is 0. The van der Waals surface area contributed by atoms with Crippen molar-refractivity contribution >= 4 is 5.97 Å². The summed E-state index contributed by atoms with van der Waals surface area (Å²) in [6.45, 7) is 7.08. The van der Waals surface area contributed by atoms with Gasteiger partial charge in [-0.25, -0.2) is 0 Å². The Morgan fingerprint density at radius 2 is 2.00 bits per heavy atom. The molecule has 0 aromatic carbocycles. The number of unbranched alkanes of at least 4 members (excludes halogenated alkanes) is 1. The van der Waals surface area contributed by atoms with Crippen molar-refractivity contribution in [2.24, 2.45) is 5.41 Å². The fourth-order valence-electron chi connectivity index (χ4n) is 1.87. The van der Waals surface area contributed by atoms with Crippen molar-refractivity contribution in [2.75, 3.05) is 19.6 Å². The van der Waals surface area contributed by atoms with Crippen LogP contribution in [0, 0.1) is 5.41 Å². The molecule has 0 aromatic rings. The molecule has 0 spiro atoms. The highest BCUT2D eigenvalue weighted by molar-refractivity contribution is 5.74. The zero-order valence-corrected chi connectivity index (χ0v) is 9.25. The molecule has 1 rings (SSSR count). The lowest BCUT2D eigenvalue weighted by Crippen LogP contribution is -2.42. The average molecular weight is 199 g/mol. The van der Waals surface area contributed by atoms with Gasteiger partial charge in [0, 0.05) is 0 Å². The van der Waals surface area contributed by atoms with Crippen LogP contribution >= 0.6 is 0 Å². The Bertz CT molecular complexity index is 195. The average Bonchev–Trinajstić information content (AvgIpc) is 2.17. The van der Waals surface area contributed by atoms with Crippen molar-refractivity contribution in [3.05, 3.63) is 0 Å². The predicted molar refractivity (Wildman–Crippen MR) is 56.3 cm³/mol. The zero-order valence-electron chi connectivity index (χ0n) is 9.25. The lowest BCUT2D eigenvalue weighted by molar-refractivity contribution is -0.150. The van der Waals surface area contributed by atoms with Crippen molar-refractivity contribution in [2.45, 2.75) is 39.5 Å². The summed E-state index contributed by atoms with van der Waals surface area (Å²) in [5.74, 6) is -0.632. The van der Waals surface area contributed by atoms with E-state index in [9.17, 15) is 4.79 Å². The van der Waals surface area contributed by atoms with E-state index in [1.807, 2.05) is 6.92 Å². The molecule has 1 N–H and O–H groups in total. The summed E-state index contributed by atoms with van der Waals surface area (Å²) >= 11 is 0. The first-order valence-electron chi connectivity index (χ1n) is 5.54. The van der Waals surface area contributed by atoms with E-state index in [0.717, 1.165) is 32.5 Å². The van der Waals surface area contributed by atoms with Crippen LogP contribution in [0.15, 0.2) is 0 Å². The molecule has 0 aromatic heterocycles. The Morgan fingerprint density at radius 3 is 2.43 bits per heavy atom. The molecular formula is C11H21NO2. The molecule has 1 fully saturated rings. The molecule has 1 aliphatic heterocycles. The molecule has 0 bridgehead atoms. The summed E-state index contributed by atoms with van der Waals surface area (Å²) in [5.41, 5.74) is -0.470. The van der Waals surface area contributed by atoms with Crippen LogP contribution in [0.3, 0.4) is 0 Å². The van der Waals surface area contributed by atoms with E-state index in [2.05, 4.69) is 11.8 Å². The van der Waals surface area contributed by atoms with Crippen LogP contribution in [0.4, 0.5) is 0 Å². The molecule has 0 saturated carbocycles. The van der Waals surface area contributed by atoms with E-state index < -0.39 is 11.4 Å². The minimum atomic E-state index is -0.632. The van der Waals surface area contributed by atoms with Crippen LogP contribution < -0.4 is 0 Å². The number of hydrogen-bond acceptors (Lipinski definition) is 2. The number of carbonyl (C=O) groups is 1. The number of carboxylic acid groups (broad SMARTS) is 1. The highest BCUT2D eigenvalue weighted by Gasteiger charge is 2.36. The van der Waals surface area contributed by atoms with Gasteiger partial charge in [-0.3, -0.25) is 4.79 Å². The highest BCUT2D eigenvalue weighted by atomic mass is 16.4. The molecular weight excluding hydrogens is 178 g/mol. The maximum atomic E-state index is 11.0. The van der Waals surface area contributed by atoms with Gasteiger partial charge >= 0.3 is 5.97 Å². The van der Waals surface area contributed by atoms with Crippen LogP contribution in [0.2, 0.25) is 0 Å². The predicted octanol–water partition coefficient (Wildman–Crippen LogP) is 1.97. The number of likely N-dealkylation sites (tertiary alicyclic amines) is 1. The highest BCUT2D eigenvalue weighted by Crippen LogP contribution is 2.30. The van der Waals surface area contributed by atoms with E-state index in [0.29, 0.717) is 0 Å². The standard InChI is InChI=1S/C11H21NO2/c1-3-4-7-12-8-5-11(2,6-9-12)10(13)14/h3-9H2,1-2H3,(H,13,14). The first kappa shape index (κ1) is 11.5. The quantitative estimate of drug-likeness (QED) is 0.752. The molecule has 0 aliphatic carbocycles. The summed E-state index contributed by atoms with van der Waals surface area (Å²) in [6, 6.07) is 0. The van der Waals surface area contributed by atoms with Gasteiger partial charge < -0.3 is 10.0 Å². The smallest absolute Gasteiger partial charge is 0.309 e. The van der Waals surface area contributed by atoms with E-state index in [1.165, 1.54) is 12.8 Å². The molecule has 3 nitrogen and oxygen atoms in total. The maximum absolute atomic E-state index is 11.0. The van der Waals surface area contributed by atoms with Gasteiger partial charge in [-0.2, -0.15) is 0 Å².